The van der Waals surface area contributed by atoms with Crippen LogP contribution in [-0.2, 0) is 0 Å². The first kappa shape index (κ1) is 11.3. The highest BCUT2D eigenvalue weighted by Crippen LogP contribution is 2.33. The highest BCUT2D eigenvalue weighted by Gasteiger charge is 2.03. The molecule has 1 aliphatic heterocycles. The monoisotopic (exact) mass is 224 g/mol. The number of hydrogen-bond acceptors (Lipinski definition) is 4. The van der Waals surface area contributed by atoms with Crippen molar-refractivity contribution in [2.45, 2.75) is 12.8 Å². The molecule has 2 nitrogen and oxygen atoms in total. The van der Waals surface area contributed by atoms with Crippen LogP contribution in [0.1, 0.15) is 12.8 Å². The molecule has 0 N–H and O–H groups in total. The van der Waals surface area contributed by atoms with Crippen molar-refractivity contribution >= 4 is 32.8 Å². The second-order valence-electron chi connectivity index (χ2n) is 2.52. The van der Waals surface area contributed by atoms with Crippen LogP contribution in [0.15, 0.2) is 46.5 Å². The molecule has 0 fully saturated rings. The van der Waals surface area contributed by atoms with Crippen LogP contribution >= 0.6 is 21.6 Å². The van der Waals surface area contributed by atoms with Gasteiger partial charge in [-0.3, -0.25) is 4.99 Å². The van der Waals surface area contributed by atoms with Crippen molar-refractivity contribution in [1.29, 1.82) is 0 Å². The zero-order valence-corrected chi connectivity index (χ0v) is 9.48. The lowest BCUT2D eigenvalue weighted by atomic mass is 10.3. The summed E-state index contributed by atoms with van der Waals surface area (Å²) in [6.45, 7) is 7.34. The van der Waals surface area contributed by atoms with Crippen molar-refractivity contribution in [3.05, 3.63) is 36.5 Å². The summed E-state index contributed by atoms with van der Waals surface area (Å²) in [5, 5.41) is 1.90. The minimum Gasteiger partial charge on any atom is -0.254 e. The highest BCUT2D eigenvalue weighted by molar-refractivity contribution is 8.83. The smallest absolute Gasteiger partial charge is 0.0997 e. The minimum atomic E-state index is 0.771. The van der Waals surface area contributed by atoms with Gasteiger partial charge in [-0.1, -0.05) is 25.3 Å². The number of nitrogens with zero attached hydrogens (tertiary/aromatic N) is 2. The molecular formula is C10H12N2S2. The Kier molecular flexibility index (Phi) is 5.40. The topological polar surface area (TPSA) is 24.7 Å². The summed E-state index contributed by atoms with van der Waals surface area (Å²) in [5.74, 6) is 0. The Balaban J connectivity index is 2.29. The van der Waals surface area contributed by atoms with Gasteiger partial charge in [0.15, 0.2) is 0 Å². The standard InChI is InChI=1S/C10H12N2S2/c1-3-7-11-9(2)13-14-10-6-4-5-8-12-10/h3,5,7-8H,1-2,4,6H2/b11-7-. The van der Waals surface area contributed by atoms with Gasteiger partial charge in [0.05, 0.1) is 10.1 Å². The zero-order valence-electron chi connectivity index (χ0n) is 7.85. The van der Waals surface area contributed by atoms with Crippen LogP contribution in [0, 0.1) is 0 Å². The van der Waals surface area contributed by atoms with E-state index in [1.165, 1.54) is 10.8 Å². The van der Waals surface area contributed by atoms with Crippen molar-refractivity contribution in [1.82, 2.24) is 0 Å². The van der Waals surface area contributed by atoms with Crippen molar-refractivity contribution in [2.24, 2.45) is 9.98 Å². The Labute approximate surface area is 92.4 Å². The molecule has 1 aliphatic rings. The van der Waals surface area contributed by atoms with Crippen LogP contribution in [0.2, 0.25) is 0 Å². The first-order valence-corrected chi connectivity index (χ1v) is 6.38. The third-order valence-corrected chi connectivity index (χ3v) is 3.69. The molecule has 0 aromatic heterocycles. The summed E-state index contributed by atoms with van der Waals surface area (Å²) in [6, 6.07) is 0. The van der Waals surface area contributed by atoms with Gasteiger partial charge < -0.3 is 0 Å². The predicted molar refractivity (Wildman–Crippen MR) is 68.8 cm³/mol. The SMILES string of the molecule is C=C/C=N\C(=C)SSC1=NC=CCC1. The van der Waals surface area contributed by atoms with E-state index in [9.17, 15) is 0 Å². The van der Waals surface area contributed by atoms with E-state index < -0.39 is 0 Å². The van der Waals surface area contributed by atoms with Crippen molar-refractivity contribution < 1.29 is 0 Å². The lowest BCUT2D eigenvalue weighted by Gasteiger charge is -2.05. The molecule has 0 saturated heterocycles. The van der Waals surface area contributed by atoms with E-state index in [1.807, 2.05) is 6.20 Å². The molecule has 0 radical (unpaired) electrons. The lowest BCUT2D eigenvalue weighted by molar-refractivity contribution is 1.08. The van der Waals surface area contributed by atoms with Gasteiger partial charge in [0.1, 0.15) is 0 Å². The average Bonchev–Trinajstić information content (AvgIpc) is 2.25. The van der Waals surface area contributed by atoms with Crippen molar-refractivity contribution in [3.8, 4) is 0 Å². The molecular weight excluding hydrogens is 212 g/mol. The second kappa shape index (κ2) is 6.68. The normalized spacial score (nSPS) is 15.6. The average molecular weight is 224 g/mol. The van der Waals surface area contributed by atoms with Gasteiger partial charge in [0.2, 0.25) is 0 Å². The van der Waals surface area contributed by atoms with E-state index in [2.05, 4.69) is 29.2 Å². The molecule has 0 atom stereocenters. The molecule has 0 aromatic rings. The van der Waals surface area contributed by atoms with Gasteiger partial charge in [-0.15, -0.1) is 0 Å². The van der Waals surface area contributed by atoms with Crippen LogP contribution in [0.4, 0.5) is 0 Å². The predicted octanol–water partition coefficient (Wildman–Crippen LogP) is 3.80. The molecule has 4 heteroatoms. The van der Waals surface area contributed by atoms with Crippen molar-refractivity contribution in [2.75, 3.05) is 0 Å². The third kappa shape index (κ3) is 4.48. The highest BCUT2D eigenvalue weighted by atomic mass is 33.1. The maximum atomic E-state index is 4.25. The van der Waals surface area contributed by atoms with Gasteiger partial charge in [-0.25, -0.2) is 4.99 Å². The number of aliphatic imine (C=N–C) groups is 2. The van der Waals surface area contributed by atoms with E-state index in [1.54, 1.807) is 23.1 Å². The summed E-state index contributed by atoms with van der Waals surface area (Å²) in [5.41, 5.74) is 0. The first-order valence-electron chi connectivity index (χ1n) is 4.23. The number of hydrogen-bond donors (Lipinski definition) is 0. The van der Waals surface area contributed by atoms with Gasteiger partial charge in [-0.2, -0.15) is 0 Å². The number of rotatable bonds is 4. The second-order valence-corrected chi connectivity index (χ2v) is 4.80. The van der Waals surface area contributed by atoms with Gasteiger partial charge in [-0.05, 0) is 28.0 Å². The molecule has 0 unspecified atom stereocenters. The molecule has 0 bridgehead atoms. The fourth-order valence-corrected chi connectivity index (χ4v) is 2.49. The van der Waals surface area contributed by atoms with Crippen LogP contribution in [-0.4, -0.2) is 11.3 Å². The largest absolute Gasteiger partial charge is 0.254 e. The van der Waals surface area contributed by atoms with E-state index in [-0.39, 0.29) is 0 Å². The molecule has 0 aromatic carbocycles. The fraction of sp³-hybridized carbons (Fsp3) is 0.200. The van der Waals surface area contributed by atoms with E-state index >= 15 is 0 Å². The van der Waals surface area contributed by atoms with Gasteiger partial charge >= 0.3 is 0 Å². The molecule has 1 heterocycles. The molecule has 0 amide bonds. The summed E-state index contributed by atoms with van der Waals surface area (Å²) in [4.78, 5) is 8.31. The van der Waals surface area contributed by atoms with Crippen LogP contribution in [0.25, 0.3) is 0 Å². The van der Waals surface area contributed by atoms with E-state index in [0.717, 1.165) is 22.9 Å². The molecule has 1 rings (SSSR count). The Bertz CT molecular complexity index is 303. The molecule has 14 heavy (non-hydrogen) atoms. The maximum Gasteiger partial charge on any atom is 0.0997 e. The Morgan fingerprint density at radius 1 is 1.64 bits per heavy atom. The lowest BCUT2D eigenvalue weighted by Crippen LogP contribution is -1.91. The molecule has 0 spiro atoms. The molecule has 0 saturated carbocycles. The van der Waals surface area contributed by atoms with Crippen LogP contribution in [0.5, 0.6) is 0 Å². The van der Waals surface area contributed by atoms with Crippen LogP contribution in [0.3, 0.4) is 0 Å². The van der Waals surface area contributed by atoms with E-state index in [4.69, 9.17) is 0 Å². The molecule has 74 valence electrons. The first-order chi connectivity index (χ1) is 6.83. The molecule has 0 aliphatic carbocycles. The maximum absolute atomic E-state index is 4.25. The van der Waals surface area contributed by atoms with E-state index in [0.29, 0.717) is 0 Å². The van der Waals surface area contributed by atoms with Crippen LogP contribution < -0.4 is 0 Å². The Morgan fingerprint density at radius 3 is 3.14 bits per heavy atom. The van der Waals surface area contributed by atoms with Crippen molar-refractivity contribution in [3.63, 3.8) is 0 Å². The third-order valence-electron chi connectivity index (χ3n) is 1.41. The fourth-order valence-electron chi connectivity index (χ4n) is 0.798. The zero-order chi connectivity index (χ0) is 10.2. The van der Waals surface area contributed by atoms with Gasteiger partial charge in [0, 0.05) is 18.8 Å². The summed E-state index contributed by atoms with van der Waals surface area (Å²) in [6.07, 6.45) is 9.29. The summed E-state index contributed by atoms with van der Waals surface area (Å²) in [7, 11) is 3.16. The summed E-state index contributed by atoms with van der Waals surface area (Å²) >= 11 is 0. The Hall–Kier alpha value is -0.740. The summed E-state index contributed by atoms with van der Waals surface area (Å²) < 4.78 is 0. The van der Waals surface area contributed by atoms with Gasteiger partial charge in [0.25, 0.3) is 0 Å². The Morgan fingerprint density at radius 2 is 2.50 bits per heavy atom. The minimum absolute atomic E-state index is 0.771. The number of allylic oxidation sites excluding steroid dienone is 2. The quantitative estimate of drug-likeness (QED) is 0.536.